The number of carbonyl (C=O) groups is 7. The molecule has 0 spiro atoms. The van der Waals surface area contributed by atoms with Crippen molar-refractivity contribution in [2.75, 3.05) is 31.6 Å². The maximum absolute atomic E-state index is 15.0. The molecule has 4 fully saturated rings. The molecule has 348 valence electrons. The molecule has 0 aliphatic carbocycles. The second-order valence-corrected chi connectivity index (χ2v) is 18.5. The van der Waals surface area contributed by atoms with Crippen molar-refractivity contribution in [2.45, 2.75) is 107 Å². The van der Waals surface area contributed by atoms with Crippen LogP contribution in [0.5, 0.6) is 0 Å². The summed E-state index contributed by atoms with van der Waals surface area (Å²) in [6.07, 6.45) is -1.94. The third kappa shape index (κ3) is 11.4. The molecule has 0 saturated carbocycles. The van der Waals surface area contributed by atoms with Crippen LogP contribution in [0.1, 0.15) is 58.4 Å². The highest BCUT2D eigenvalue weighted by molar-refractivity contribution is 7.46. The van der Waals surface area contributed by atoms with E-state index < -0.39 is 129 Å². The average molecular weight is 938 g/mol. The lowest BCUT2D eigenvalue weighted by Crippen LogP contribution is -2.64. The molecule has 4 aliphatic rings. The van der Waals surface area contributed by atoms with Crippen molar-refractivity contribution in [1.82, 2.24) is 30.7 Å². The van der Waals surface area contributed by atoms with Gasteiger partial charge in [0.2, 0.25) is 29.5 Å². The Balaban J connectivity index is 1.40. The Morgan fingerprint density at radius 3 is 2.34 bits per heavy atom. The minimum absolute atomic E-state index is 0.0471. The number of anilines is 1. The maximum Gasteiger partial charge on any atom is 0.469 e. The normalized spacial score (nSPS) is 28.7. The number of halogens is 3. The summed E-state index contributed by atoms with van der Waals surface area (Å²) < 4.78 is 52.1. The van der Waals surface area contributed by atoms with Crippen LogP contribution in [0.3, 0.4) is 0 Å². The van der Waals surface area contributed by atoms with Gasteiger partial charge in [0.05, 0.1) is 18.8 Å². The summed E-state index contributed by atoms with van der Waals surface area (Å²) in [7, 11) is -5.20. The van der Waals surface area contributed by atoms with Crippen LogP contribution in [0, 0.1) is 17.6 Å². The third-order valence-electron chi connectivity index (χ3n) is 11.9. The largest absolute Gasteiger partial charge is 0.469 e. The summed E-state index contributed by atoms with van der Waals surface area (Å²) in [4.78, 5) is 121. The van der Waals surface area contributed by atoms with Crippen molar-refractivity contribution in [3.8, 4) is 0 Å². The highest BCUT2D eigenvalue weighted by Gasteiger charge is 2.52. The van der Waals surface area contributed by atoms with E-state index in [1.165, 1.54) is 47.9 Å². The Morgan fingerprint density at radius 2 is 1.69 bits per heavy atom. The predicted molar refractivity (Wildman–Crippen MR) is 223 cm³/mol. The van der Waals surface area contributed by atoms with Crippen molar-refractivity contribution in [3.63, 3.8) is 0 Å². The van der Waals surface area contributed by atoms with Gasteiger partial charge in [0.15, 0.2) is 0 Å². The molecule has 9 atom stereocenters. The van der Waals surface area contributed by atoms with E-state index in [0.29, 0.717) is 30.2 Å². The fourth-order valence-corrected chi connectivity index (χ4v) is 9.56. The topological polar surface area (TPSA) is 253 Å². The molecule has 0 aromatic heterocycles. The highest BCUT2D eigenvalue weighted by Crippen LogP contribution is 2.41. The predicted octanol–water partition coefficient (Wildman–Crippen LogP) is 2.03. The minimum atomic E-state index is -5.20. The number of aldehydes is 1. The number of phosphoric acid groups is 1. The number of urea groups is 1. The van der Waals surface area contributed by atoms with E-state index >= 15 is 4.79 Å². The van der Waals surface area contributed by atoms with Crippen molar-refractivity contribution < 1.29 is 66.0 Å². The number of hydrogen-bond donors (Lipinski definition) is 6. The van der Waals surface area contributed by atoms with E-state index in [9.17, 15) is 51.9 Å². The summed E-state index contributed by atoms with van der Waals surface area (Å²) in [5, 5.41) is 10.6. The van der Waals surface area contributed by atoms with Gasteiger partial charge < -0.3 is 55.3 Å². The van der Waals surface area contributed by atoms with E-state index in [1.807, 2.05) is 6.92 Å². The lowest BCUT2D eigenvalue weighted by Gasteiger charge is -2.41. The number of rotatable bonds is 9. The first-order valence-corrected chi connectivity index (χ1v) is 22.7. The lowest BCUT2D eigenvalue weighted by molar-refractivity contribution is -0.155. The molecule has 23 heteroatoms. The molecule has 0 radical (unpaired) electrons. The number of piperidine rings is 1. The molecule has 2 aromatic rings. The van der Waals surface area contributed by atoms with E-state index in [1.54, 1.807) is 0 Å². The van der Waals surface area contributed by atoms with Gasteiger partial charge in [0, 0.05) is 49.3 Å². The van der Waals surface area contributed by atoms with Crippen LogP contribution < -0.4 is 21.3 Å². The number of nitrogens with zero attached hydrogens (tertiary/aromatic N) is 3. The molecule has 64 heavy (non-hydrogen) atoms. The Bertz CT molecular complexity index is 2170. The van der Waals surface area contributed by atoms with Gasteiger partial charge in [0.1, 0.15) is 53.7 Å². The fourth-order valence-electron chi connectivity index (χ4n) is 8.89. The van der Waals surface area contributed by atoms with Gasteiger partial charge in [-0.05, 0) is 87.4 Å². The standard InChI is InChI=1S/C41H51ClF2N7O12P/c1-22-17-41(20-52)21-62-24(3)34(48-35(53)31(14-25-12-27(43)15-28(44)13-25)47-40(58)46-29-9-7-26(42)8-10-29)39(57)50-19-30(63-64(59,60)61)16-33(50)38(56)49-11-5-4-6-32(49)36(54)45-23(2)37(55)51(41)18-22/h7-10,12-13,15,20,22-24,30-34H,4-6,11,14,16-19,21H2,1-3H3,(H,45,54)(H,48,53)(H2,46,47,58)(H2,59,60,61)/t22-,23+,24+,30-,31+,32+,33+,34+,41?/m1/s1. The molecular weight excluding hydrogens is 887 g/mol. The Hall–Kier alpha value is -5.05. The Kier molecular flexibility index (Phi) is 15.1. The Labute approximate surface area is 372 Å². The SMILES string of the molecule is C[C@H]1CN2C(=O)[C@H](C)NC(=O)[C@@H]3CCCCN3C(=O)[C@@H]3C[C@@H](OP(=O)(O)O)CN3C(=O)[C@@H](NC(=O)[C@H](Cc3cc(F)cc(F)c3)NC(=O)Nc3ccc(Cl)cc3)[C@H](C)OCC2(C=O)C1. The first kappa shape index (κ1) is 48.4. The summed E-state index contributed by atoms with van der Waals surface area (Å²) in [6.45, 7) is 3.69. The first-order valence-electron chi connectivity index (χ1n) is 20.8. The van der Waals surface area contributed by atoms with Gasteiger partial charge in [-0.2, -0.15) is 0 Å². The third-order valence-corrected chi connectivity index (χ3v) is 12.7. The van der Waals surface area contributed by atoms with Crippen molar-refractivity contribution >= 4 is 67.0 Å². The number of nitrogens with one attached hydrogen (secondary N) is 4. The molecule has 1 unspecified atom stereocenters. The summed E-state index contributed by atoms with van der Waals surface area (Å²) in [5.41, 5.74) is -1.41. The van der Waals surface area contributed by atoms with Gasteiger partial charge >= 0.3 is 13.9 Å². The molecule has 19 nitrogen and oxygen atoms in total. The monoisotopic (exact) mass is 937 g/mol. The van der Waals surface area contributed by atoms with Crippen LogP contribution >= 0.6 is 19.4 Å². The van der Waals surface area contributed by atoms with E-state index in [-0.39, 0.29) is 43.1 Å². The second kappa shape index (κ2) is 20.0. The Morgan fingerprint density at radius 1 is 1.00 bits per heavy atom. The molecule has 4 aliphatic heterocycles. The van der Waals surface area contributed by atoms with Crippen LogP contribution in [0.4, 0.5) is 19.3 Å². The quantitative estimate of drug-likeness (QED) is 0.156. The van der Waals surface area contributed by atoms with Crippen LogP contribution in [-0.4, -0.2) is 141 Å². The van der Waals surface area contributed by atoms with E-state index in [2.05, 4.69) is 21.3 Å². The number of phosphoric ester groups is 1. The number of ether oxygens (including phenoxy) is 1. The zero-order valence-corrected chi connectivity index (χ0v) is 36.9. The van der Waals surface area contributed by atoms with Gasteiger partial charge in [-0.25, -0.2) is 18.1 Å². The second-order valence-electron chi connectivity index (χ2n) is 16.9. The highest BCUT2D eigenvalue weighted by atomic mass is 35.5. The zero-order chi connectivity index (χ0) is 46.7. The van der Waals surface area contributed by atoms with Gasteiger partial charge in [0.25, 0.3) is 0 Å². The first-order chi connectivity index (χ1) is 30.2. The number of amides is 7. The molecular formula is C41H51ClF2N7O12P. The molecule has 4 saturated heterocycles. The number of benzene rings is 2. The minimum Gasteiger partial charge on any atom is -0.373 e. The zero-order valence-electron chi connectivity index (χ0n) is 35.2. The smallest absolute Gasteiger partial charge is 0.373 e. The van der Waals surface area contributed by atoms with Crippen molar-refractivity contribution in [3.05, 3.63) is 64.7 Å². The van der Waals surface area contributed by atoms with E-state index in [0.717, 1.165) is 17.0 Å². The van der Waals surface area contributed by atoms with Crippen molar-refractivity contribution in [2.24, 2.45) is 5.92 Å². The molecule has 7 amide bonds. The number of carbonyl (C=O) groups excluding carboxylic acids is 7. The summed E-state index contributed by atoms with van der Waals surface area (Å²) >= 11 is 5.97. The molecule has 6 rings (SSSR count). The van der Waals surface area contributed by atoms with Crippen LogP contribution in [0.15, 0.2) is 42.5 Å². The van der Waals surface area contributed by atoms with Gasteiger partial charge in [-0.3, -0.25) is 28.5 Å². The number of hydrogen-bond acceptors (Lipinski definition) is 10. The average Bonchev–Trinajstić information content (AvgIpc) is 3.80. The van der Waals surface area contributed by atoms with Gasteiger partial charge in [-0.15, -0.1) is 0 Å². The van der Waals surface area contributed by atoms with E-state index in [4.69, 9.17) is 20.9 Å². The lowest BCUT2D eigenvalue weighted by atomic mass is 9.94. The van der Waals surface area contributed by atoms with Gasteiger partial charge in [-0.1, -0.05) is 18.5 Å². The van der Waals surface area contributed by atoms with Crippen molar-refractivity contribution in [1.29, 1.82) is 0 Å². The van der Waals surface area contributed by atoms with Crippen LogP contribution in [0.25, 0.3) is 0 Å². The molecule has 2 aromatic carbocycles. The molecule has 6 N–H and O–H groups in total. The molecule has 4 heterocycles. The molecule has 0 bridgehead atoms. The summed E-state index contributed by atoms with van der Waals surface area (Å²) in [5.74, 6) is -6.34. The van der Waals surface area contributed by atoms with Crippen LogP contribution in [-0.2, 0) is 49.0 Å². The summed E-state index contributed by atoms with van der Waals surface area (Å²) in [6, 6.07) is 0.223. The number of fused-ring (bicyclic) bond motifs is 3. The fraction of sp³-hybridized carbons (Fsp3) is 0.537. The maximum atomic E-state index is 15.0. The van der Waals surface area contributed by atoms with Crippen LogP contribution in [0.2, 0.25) is 5.02 Å².